The van der Waals surface area contributed by atoms with Gasteiger partial charge in [0.2, 0.25) is 5.82 Å². The topological polar surface area (TPSA) is 94.2 Å². The highest BCUT2D eigenvalue weighted by atomic mass is 16.5. The highest BCUT2D eigenvalue weighted by Gasteiger charge is 2.33. The number of nitrogens with zero attached hydrogens (tertiary/aromatic N) is 5. The summed E-state index contributed by atoms with van der Waals surface area (Å²) in [5.41, 5.74) is 2.04. The molecule has 8 heteroatoms. The Bertz CT molecular complexity index is 1140. The van der Waals surface area contributed by atoms with Gasteiger partial charge in [0.1, 0.15) is 17.5 Å². The molecule has 1 amide bonds. The molecule has 30 heavy (non-hydrogen) atoms. The number of amides is 1. The summed E-state index contributed by atoms with van der Waals surface area (Å²) in [5, 5.41) is 4.03. The molecule has 0 spiro atoms. The van der Waals surface area contributed by atoms with Crippen molar-refractivity contribution >= 4 is 5.91 Å². The quantitative estimate of drug-likeness (QED) is 0.509. The first-order valence-corrected chi connectivity index (χ1v) is 9.48. The van der Waals surface area contributed by atoms with Gasteiger partial charge in [0, 0.05) is 24.2 Å². The Morgan fingerprint density at radius 3 is 2.60 bits per heavy atom. The van der Waals surface area contributed by atoms with Crippen LogP contribution in [0.25, 0.3) is 22.8 Å². The molecule has 1 aliphatic rings. The van der Waals surface area contributed by atoms with Crippen molar-refractivity contribution in [1.29, 1.82) is 0 Å². The molecule has 0 bridgehead atoms. The van der Waals surface area contributed by atoms with Gasteiger partial charge in [-0.15, -0.1) is 0 Å². The maximum absolute atomic E-state index is 12.3. The summed E-state index contributed by atoms with van der Waals surface area (Å²) < 4.78 is 11.3. The number of rotatable bonds is 5. The molecule has 0 saturated carbocycles. The maximum atomic E-state index is 12.3. The van der Waals surface area contributed by atoms with Gasteiger partial charge >= 0.3 is 0 Å². The van der Waals surface area contributed by atoms with E-state index in [1.807, 2.05) is 36.4 Å². The smallest absolute Gasteiger partial charge is 0.272 e. The van der Waals surface area contributed by atoms with Gasteiger partial charge in [-0.25, -0.2) is 0 Å². The van der Waals surface area contributed by atoms with Crippen LogP contribution in [0.3, 0.4) is 0 Å². The number of aromatic nitrogens is 4. The minimum absolute atomic E-state index is 0.0362. The third-order valence-electron chi connectivity index (χ3n) is 4.77. The molecule has 4 heterocycles. The predicted molar refractivity (Wildman–Crippen MR) is 108 cm³/mol. The summed E-state index contributed by atoms with van der Waals surface area (Å²) in [6.07, 6.45) is 4.95. The van der Waals surface area contributed by atoms with Crippen molar-refractivity contribution in [1.82, 2.24) is 25.0 Å². The average molecular weight is 399 g/mol. The summed E-state index contributed by atoms with van der Waals surface area (Å²) >= 11 is 0. The van der Waals surface area contributed by atoms with E-state index in [2.05, 4.69) is 20.1 Å². The van der Waals surface area contributed by atoms with Crippen molar-refractivity contribution in [3.05, 3.63) is 78.9 Å². The van der Waals surface area contributed by atoms with E-state index in [0.717, 1.165) is 16.9 Å². The molecular weight excluding hydrogens is 382 g/mol. The van der Waals surface area contributed by atoms with Crippen molar-refractivity contribution in [2.24, 2.45) is 0 Å². The Morgan fingerprint density at radius 2 is 1.87 bits per heavy atom. The Labute approximate surface area is 172 Å². The normalized spacial score (nSPS) is 13.7. The van der Waals surface area contributed by atoms with Crippen LogP contribution in [0, 0.1) is 0 Å². The van der Waals surface area contributed by atoms with E-state index in [1.165, 1.54) is 0 Å². The first-order chi connectivity index (χ1) is 14.8. The minimum Gasteiger partial charge on any atom is -0.487 e. The minimum atomic E-state index is -0.0766. The van der Waals surface area contributed by atoms with Crippen LogP contribution >= 0.6 is 0 Å². The number of carbonyl (C=O) groups is 1. The second-order valence-corrected chi connectivity index (χ2v) is 6.85. The molecule has 4 aromatic rings. The predicted octanol–water partition coefficient (Wildman–Crippen LogP) is 3.10. The molecule has 8 nitrogen and oxygen atoms in total. The number of carbonyl (C=O) groups excluding carboxylic acids is 1. The van der Waals surface area contributed by atoms with Crippen LogP contribution < -0.4 is 4.74 Å². The average Bonchev–Trinajstić information content (AvgIpc) is 3.27. The van der Waals surface area contributed by atoms with Crippen molar-refractivity contribution in [3.8, 4) is 28.6 Å². The monoisotopic (exact) mass is 399 g/mol. The standard InChI is InChI=1S/C22H17N5O3/c28-22(19-5-1-2-11-24-19)27-13-18(14-27)29-17-8-6-15(7-9-17)20-25-21(30-26-20)16-4-3-10-23-12-16/h1-12,18H,13-14H2. The van der Waals surface area contributed by atoms with Crippen molar-refractivity contribution in [3.63, 3.8) is 0 Å². The third-order valence-corrected chi connectivity index (χ3v) is 4.77. The van der Waals surface area contributed by atoms with E-state index in [0.29, 0.717) is 30.5 Å². The van der Waals surface area contributed by atoms with Crippen LogP contribution in [0.4, 0.5) is 0 Å². The van der Waals surface area contributed by atoms with Crippen LogP contribution in [-0.4, -0.2) is 50.1 Å². The molecule has 148 valence electrons. The van der Waals surface area contributed by atoms with E-state index in [4.69, 9.17) is 9.26 Å². The molecule has 1 fully saturated rings. The van der Waals surface area contributed by atoms with Crippen LogP contribution in [-0.2, 0) is 0 Å². The number of benzene rings is 1. The molecule has 5 rings (SSSR count). The Kier molecular flexibility index (Phi) is 4.65. The summed E-state index contributed by atoms with van der Waals surface area (Å²) in [5.74, 6) is 1.57. The van der Waals surface area contributed by atoms with Crippen LogP contribution in [0.5, 0.6) is 5.75 Å². The highest BCUT2D eigenvalue weighted by molar-refractivity contribution is 5.92. The molecule has 3 aromatic heterocycles. The van der Waals surface area contributed by atoms with Gasteiger partial charge in [-0.1, -0.05) is 11.2 Å². The number of likely N-dealkylation sites (tertiary alicyclic amines) is 1. The van der Waals surface area contributed by atoms with Crippen LogP contribution in [0.1, 0.15) is 10.5 Å². The molecule has 0 N–H and O–H groups in total. The van der Waals surface area contributed by atoms with Gasteiger partial charge in [-0.05, 0) is 48.5 Å². The lowest BCUT2D eigenvalue weighted by Crippen LogP contribution is -2.56. The van der Waals surface area contributed by atoms with E-state index >= 15 is 0 Å². The highest BCUT2D eigenvalue weighted by Crippen LogP contribution is 2.25. The fourth-order valence-electron chi connectivity index (χ4n) is 3.15. The first-order valence-electron chi connectivity index (χ1n) is 9.48. The lowest BCUT2D eigenvalue weighted by Gasteiger charge is -2.38. The lowest BCUT2D eigenvalue weighted by molar-refractivity contribution is 0.0173. The van der Waals surface area contributed by atoms with Gasteiger partial charge in [0.05, 0.1) is 18.7 Å². The Hall–Kier alpha value is -4.07. The van der Waals surface area contributed by atoms with Crippen LogP contribution in [0.15, 0.2) is 77.7 Å². The van der Waals surface area contributed by atoms with Gasteiger partial charge in [-0.2, -0.15) is 4.98 Å². The SMILES string of the molecule is O=C(c1ccccn1)N1CC(Oc2ccc(-c3noc(-c4cccnc4)n3)cc2)C1. The zero-order valence-electron chi connectivity index (χ0n) is 15.9. The maximum Gasteiger partial charge on any atom is 0.272 e. The summed E-state index contributed by atoms with van der Waals surface area (Å²) in [4.78, 5) is 26.6. The van der Waals surface area contributed by atoms with Crippen molar-refractivity contribution < 1.29 is 14.1 Å². The van der Waals surface area contributed by atoms with E-state index < -0.39 is 0 Å². The third kappa shape index (κ3) is 3.62. The molecule has 0 unspecified atom stereocenters. The van der Waals surface area contributed by atoms with Gasteiger partial charge in [-0.3, -0.25) is 14.8 Å². The van der Waals surface area contributed by atoms with Crippen molar-refractivity contribution in [2.75, 3.05) is 13.1 Å². The zero-order valence-corrected chi connectivity index (χ0v) is 15.9. The fourth-order valence-corrected chi connectivity index (χ4v) is 3.15. The van der Waals surface area contributed by atoms with E-state index in [-0.39, 0.29) is 12.0 Å². The number of ether oxygens (including phenoxy) is 1. The van der Waals surface area contributed by atoms with E-state index in [9.17, 15) is 4.79 Å². The molecule has 0 radical (unpaired) electrons. The first kappa shape index (κ1) is 18.0. The molecule has 1 aromatic carbocycles. The zero-order chi connectivity index (χ0) is 20.3. The largest absolute Gasteiger partial charge is 0.487 e. The van der Waals surface area contributed by atoms with Crippen molar-refractivity contribution in [2.45, 2.75) is 6.10 Å². The summed E-state index contributed by atoms with van der Waals surface area (Å²) in [6, 6.07) is 16.5. The Balaban J connectivity index is 1.19. The fraction of sp³-hybridized carbons (Fsp3) is 0.136. The number of pyridine rings is 2. The summed E-state index contributed by atoms with van der Waals surface area (Å²) in [6.45, 7) is 1.08. The molecule has 1 aliphatic heterocycles. The summed E-state index contributed by atoms with van der Waals surface area (Å²) in [7, 11) is 0. The molecule has 1 saturated heterocycles. The second-order valence-electron chi connectivity index (χ2n) is 6.85. The van der Waals surface area contributed by atoms with Crippen LogP contribution in [0.2, 0.25) is 0 Å². The number of hydrogen-bond donors (Lipinski definition) is 0. The lowest BCUT2D eigenvalue weighted by atomic mass is 10.1. The van der Waals surface area contributed by atoms with Gasteiger partial charge in [0.25, 0.3) is 11.8 Å². The van der Waals surface area contributed by atoms with Gasteiger partial charge < -0.3 is 14.2 Å². The molecule has 0 aliphatic carbocycles. The second kappa shape index (κ2) is 7.75. The van der Waals surface area contributed by atoms with E-state index in [1.54, 1.807) is 41.7 Å². The Morgan fingerprint density at radius 1 is 1.00 bits per heavy atom. The van der Waals surface area contributed by atoms with Gasteiger partial charge in [0.15, 0.2) is 0 Å². The number of hydrogen-bond acceptors (Lipinski definition) is 7. The molecule has 0 atom stereocenters. The molecular formula is C22H17N5O3.